The van der Waals surface area contributed by atoms with E-state index in [0.717, 1.165) is 4.90 Å². The number of hydrogen-bond acceptors (Lipinski definition) is 5. The Kier molecular flexibility index (Phi) is 4.93. The van der Waals surface area contributed by atoms with E-state index in [1.807, 2.05) is 0 Å². The summed E-state index contributed by atoms with van der Waals surface area (Å²) in [5, 5.41) is 3.15. The van der Waals surface area contributed by atoms with Crippen molar-refractivity contribution in [2.75, 3.05) is 31.1 Å². The first-order valence-electron chi connectivity index (χ1n) is 8.50. The van der Waals surface area contributed by atoms with Crippen molar-refractivity contribution < 1.29 is 18.0 Å². The van der Waals surface area contributed by atoms with Gasteiger partial charge in [0.05, 0.1) is 26.9 Å². The molecule has 1 saturated heterocycles. The van der Waals surface area contributed by atoms with Crippen LogP contribution in [-0.4, -0.2) is 50.7 Å². The van der Waals surface area contributed by atoms with E-state index >= 15 is 0 Å². The zero-order chi connectivity index (χ0) is 20.1. The van der Waals surface area contributed by atoms with E-state index < -0.39 is 21.8 Å². The number of rotatable bonds is 3. The molecule has 2 aromatic carbocycles. The number of imide groups is 1. The van der Waals surface area contributed by atoms with Crippen molar-refractivity contribution in [1.82, 2.24) is 9.62 Å². The molecule has 0 atom stereocenters. The van der Waals surface area contributed by atoms with E-state index in [4.69, 9.17) is 23.2 Å². The average Bonchev–Trinajstić information content (AvgIpc) is 2.95. The van der Waals surface area contributed by atoms with E-state index in [-0.39, 0.29) is 44.8 Å². The maximum Gasteiger partial charge on any atom is 0.266 e. The lowest BCUT2D eigenvalue weighted by molar-refractivity contribution is 0.0925. The normalized spacial score (nSPS) is 17.9. The maximum atomic E-state index is 13.3. The summed E-state index contributed by atoms with van der Waals surface area (Å²) in [6, 6.07) is 8.78. The Morgan fingerprint density at radius 3 is 2.00 bits per heavy atom. The van der Waals surface area contributed by atoms with Crippen LogP contribution in [-0.2, 0) is 10.0 Å². The van der Waals surface area contributed by atoms with Gasteiger partial charge >= 0.3 is 0 Å². The summed E-state index contributed by atoms with van der Waals surface area (Å²) in [7, 11) is -4.00. The van der Waals surface area contributed by atoms with Crippen LogP contribution in [0.15, 0.2) is 41.3 Å². The largest absolute Gasteiger partial charge is 0.314 e. The molecule has 1 N–H and O–H groups in total. The van der Waals surface area contributed by atoms with Gasteiger partial charge in [-0.15, -0.1) is 0 Å². The zero-order valence-corrected chi connectivity index (χ0v) is 16.8. The minimum absolute atomic E-state index is 0.0238. The van der Waals surface area contributed by atoms with E-state index in [1.54, 1.807) is 12.1 Å². The lowest BCUT2D eigenvalue weighted by Crippen LogP contribution is -2.46. The van der Waals surface area contributed by atoms with Gasteiger partial charge in [0.1, 0.15) is 4.90 Å². The number of fused-ring (bicyclic) bond motifs is 1. The fourth-order valence-electron chi connectivity index (χ4n) is 3.33. The molecule has 0 bridgehead atoms. The summed E-state index contributed by atoms with van der Waals surface area (Å²) >= 11 is 12.2. The number of hydrogen-bond donors (Lipinski definition) is 1. The molecule has 0 aliphatic carbocycles. The molecule has 146 valence electrons. The molecule has 2 aliphatic heterocycles. The van der Waals surface area contributed by atoms with Crippen LogP contribution in [0.5, 0.6) is 0 Å². The van der Waals surface area contributed by atoms with Gasteiger partial charge < -0.3 is 5.32 Å². The van der Waals surface area contributed by atoms with Gasteiger partial charge in [-0.25, -0.2) is 13.3 Å². The van der Waals surface area contributed by atoms with Crippen LogP contribution in [0.1, 0.15) is 20.7 Å². The summed E-state index contributed by atoms with van der Waals surface area (Å²) < 4.78 is 27.8. The van der Waals surface area contributed by atoms with Crippen LogP contribution in [0.3, 0.4) is 0 Å². The molecule has 2 amide bonds. The Morgan fingerprint density at radius 2 is 1.43 bits per heavy atom. The first-order chi connectivity index (χ1) is 13.3. The Balaban J connectivity index is 1.88. The minimum Gasteiger partial charge on any atom is -0.314 e. The molecule has 2 heterocycles. The van der Waals surface area contributed by atoms with Crippen LogP contribution >= 0.6 is 23.2 Å². The second kappa shape index (κ2) is 7.13. The zero-order valence-electron chi connectivity index (χ0n) is 14.5. The third kappa shape index (κ3) is 3.01. The second-order valence-electron chi connectivity index (χ2n) is 6.38. The number of nitrogens with one attached hydrogen (secondary N) is 1. The van der Waals surface area contributed by atoms with Crippen molar-refractivity contribution in [3.8, 4) is 0 Å². The molecule has 4 rings (SSSR count). The molecule has 0 unspecified atom stereocenters. The van der Waals surface area contributed by atoms with Crippen molar-refractivity contribution in [1.29, 1.82) is 0 Å². The van der Waals surface area contributed by atoms with E-state index in [9.17, 15) is 18.0 Å². The number of amides is 2. The number of nitrogens with zero attached hydrogens (tertiary/aromatic N) is 2. The Bertz CT molecular complexity index is 1060. The Hall–Kier alpha value is -1.97. The topological polar surface area (TPSA) is 86.8 Å². The molecule has 2 aliphatic rings. The van der Waals surface area contributed by atoms with Crippen molar-refractivity contribution in [2.45, 2.75) is 4.90 Å². The fourth-order valence-corrected chi connectivity index (χ4v) is 5.34. The van der Waals surface area contributed by atoms with Crippen LogP contribution in [0, 0.1) is 0 Å². The van der Waals surface area contributed by atoms with Gasteiger partial charge in [-0.3, -0.25) is 9.59 Å². The summed E-state index contributed by atoms with van der Waals surface area (Å²) in [6.07, 6.45) is 0. The van der Waals surface area contributed by atoms with Gasteiger partial charge in [0.2, 0.25) is 10.0 Å². The molecular weight excluding hydrogens is 425 g/mol. The van der Waals surface area contributed by atoms with Gasteiger partial charge in [0, 0.05) is 26.2 Å². The van der Waals surface area contributed by atoms with Crippen LogP contribution in [0.4, 0.5) is 5.69 Å². The second-order valence-corrected chi connectivity index (χ2v) is 9.10. The van der Waals surface area contributed by atoms with E-state index in [1.165, 1.54) is 28.6 Å². The Labute approximate surface area is 171 Å². The molecule has 7 nitrogen and oxygen atoms in total. The predicted molar refractivity (Wildman–Crippen MR) is 106 cm³/mol. The maximum absolute atomic E-state index is 13.3. The quantitative estimate of drug-likeness (QED) is 0.741. The predicted octanol–water partition coefficient (Wildman–Crippen LogP) is 2.39. The van der Waals surface area contributed by atoms with Gasteiger partial charge in [-0.1, -0.05) is 35.3 Å². The lowest BCUT2D eigenvalue weighted by atomic mass is 10.1. The smallest absolute Gasteiger partial charge is 0.266 e. The first kappa shape index (κ1) is 19.4. The molecule has 2 aromatic rings. The summed E-state index contributed by atoms with van der Waals surface area (Å²) in [5.74, 6) is -1.20. The van der Waals surface area contributed by atoms with Gasteiger partial charge in [-0.05, 0) is 24.3 Å². The van der Waals surface area contributed by atoms with Crippen molar-refractivity contribution in [3.63, 3.8) is 0 Å². The number of carbonyl (C=O) groups is 2. The highest BCUT2D eigenvalue weighted by Gasteiger charge is 2.40. The standard InChI is InChI=1S/C18H15Cl2N3O4S/c19-13-9-15(23-17(24)11-3-1-2-4-12(11)18(23)25)16(10-14(13)20)28(26,27)22-7-5-21-6-8-22/h1-4,9-10,21H,5-8H2. The fraction of sp³-hybridized carbons (Fsp3) is 0.222. The highest BCUT2D eigenvalue weighted by Crippen LogP contribution is 2.39. The van der Waals surface area contributed by atoms with Gasteiger partial charge in [0.25, 0.3) is 11.8 Å². The average molecular weight is 440 g/mol. The molecule has 0 aromatic heterocycles. The van der Waals surface area contributed by atoms with Crippen molar-refractivity contribution in [3.05, 3.63) is 57.6 Å². The molecule has 1 fully saturated rings. The minimum atomic E-state index is -4.00. The monoisotopic (exact) mass is 439 g/mol. The third-order valence-corrected chi connectivity index (χ3v) is 7.38. The summed E-state index contributed by atoms with van der Waals surface area (Å²) in [6.45, 7) is 1.54. The summed E-state index contributed by atoms with van der Waals surface area (Å²) in [4.78, 5) is 26.4. The molecule has 10 heteroatoms. The van der Waals surface area contributed by atoms with Crippen LogP contribution in [0.25, 0.3) is 0 Å². The van der Waals surface area contributed by atoms with E-state index in [2.05, 4.69) is 5.32 Å². The van der Waals surface area contributed by atoms with E-state index in [0.29, 0.717) is 13.1 Å². The van der Waals surface area contributed by atoms with Crippen molar-refractivity contribution in [2.24, 2.45) is 0 Å². The number of benzene rings is 2. The lowest BCUT2D eigenvalue weighted by Gasteiger charge is -2.28. The summed E-state index contributed by atoms with van der Waals surface area (Å²) in [5.41, 5.74) is 0.326. The first-order valence-corrected chi connectivity index (χ1v) is 10.7. The molecular formula is C18H15Cl2N3O4S. The highest BCUT2D eigenvalue weighted by molar-refractivity contribution is 7.89. The number of carbonyl (C=O) groups excluding carboxylic acids is 2. The number of anilines is 1. The highest BCUT2D eigenvalue weighted by atomic mass is 35.5. The van der Waals surface area contributed by atoms with Gasteiger partial charge in [-0.2, -0.15) is 4.31 Å². The molecule has 0 radical (unpaired) electrons. The number of piperazine rings is 1. The van der Waals surface area contributed by atoms with Crippen LogP contribution < -0.4 is 10.2 Å². The van der Waals surface area contributed by atoms with Crippen molar-refractivity contribution >= 4 is 50.7 Å². The Morgan fingerprint density at radius 1 is 0.893 bits per heavy atom. The molecule has 28 heavy (non-hydrogen) atoms. The third-order valence-electron chi connectivity index (χ3n) is 4.73. The number of halogens is 2. The number of sulfonamides is 1. The van der Waals surface area contributed by atoms with Gasteiger partial charge in [0.15, 0.2) is 0 Å². The SMILES string of the molecule is O=C1c2ccccc2C(=O)N1c1cc(Cl)c(Cl)cc1S(=O)(=O)N1CCNCC1. The molecule has 0 spiro atoms. The molecule has 0 saturated carbocycles. The van der Waals surface area contributed by atoms with Crippen LogP contribution in [0.2, 0.25) is 10.0 Å².